The van der Waals surface area contributed by atoms with Crippen LogP contribution in [0.15, 0.2) is 42.5 Å². The first-order valence-corrected chi connectivity index (χ1v) is 13.7. The van der Waals surface area contributed by atoms with E-state index in [-0.39, 0.29) is 0 Å². The third kappa shape index (κ3) is 8.48. The summed E-state index contributed by atoms with van der Waals surface area (Å²) in [5.41, 5.74) is 0. The first-order chi connectivity index (χ1) is 13.1. The van der Waals surface area contributed by atoms with E-state index in [2.05, 4.69) is 62.5 Å². The minimum absolute atomic E-state index is 0.820. The number of fused-ring (bicyclic) bond motifs is 1. The van der Waals surface area contributed by atoms with Crippen molar-refractivity contribution in [1.82, 2.24) is 0 Å². The monoisotopic (exact) mass is 386 g/mol. The van der Waals surface area contributed by atoms with Crippen molar-refractivity contribution in [2.24, 2.45) is 0 Å². The number of hydrogen-bond acceptors (Lipinski definition) is 2. The van der Waals surface area contributed by atoms with Crippen LogP contribution in [-0.2, 0) is 4.43 Å². The van der Waals surface area contributed by atoms with Crippen molar-refractivity contribution < 1.29 is 8.85 Å². The van der Waals surface area contributed by atoms with E-state index in [1.807, 2.05) is 0 Å². The summed E-state index contributed by atoms with van der Waals surface area (Å²) in [7, 11) is -2.16. The molecule has 0 aromatic heterocycles. The first-order valence-electron chi connectivity index (χ1n) is 10.9. The molecule has 0 bridgehead atoms. The third-order valence-corrected chi connectivity index (χ3v) is 6.66. The zero-order valence-corrected chi connectivity index (χ0v) is 18.6. The lowest BCUT2D eigenvalue weighted by Crippen LogP contribution is -2.38. The molecule has 0 saturated heterocycles. The SMILES string of the molecule is CCCCCCCCCCCCO[Si](C)(C)Oc1cccc2ccccc12. The molecule has 0 fully saturated rings. The average Bonchev–Trinajstić information content (AvgIpc) is 2.66. The average molecular weight is 387 g/mol. The van der Waals surface area contributed by atoms with Crippen LogP contribution in [0.4, 0.5) is 0 Å². The second kappa shape index (κ2) is 12.2. The molecule has 0 saturated carbocycles. The summed E-state index contributed by atoms with van der Waals surface area (Å²) in [6.45, 7) is 7.38. The number of unbranched alkanes of at least 4 members (excludes halogenated alkanes) is 9. The molecule has 0 aliphatic rings. The lowest BCUT2D eigenvalue weighted by Gasteiger charge is -2.24. The summed E-state index contributed by atoms with van der Waals surface area (Å²) in [6.07, 6.45) is 13.5. The van der Waals surface area contributed by atoms with Crippen molar-refractivity contribution >= 4 is 19.3 Å². The summed E-state index contributed by atoms with van der Waals surface area (Å²) in [5.74, 6) is 0.952. The molecule has 0 unspecified atom stereocenters. The van der Waals surface area contributed by atoms with Gasteiger partial charge in [0.2, 0.25) is 0 Å². The quantitative estimate of drug-likeness (QED) is 0.243. The van der Waals surface area contributed by atoms with Gasteiger partial charge < -0.3 is 8.85 Å². The van der Waals surface area contributed by atoms with Crippen molar-refractivity contribution in [3.8, 4) is 5.75 Å². The molecule has 0 radical (unpaired) electrons. The van der Waals surface area contributed by atoms with E-state index in [1.54, 1.807) is 0 Å². The van der Waals surface area contributed by atoms with E-state index < -0.39 is 8.56 Å². The normalized spacial score (nSPS) is 11.8. The van der Waals surface area contributed by atoms with Gasteiger partial charge in [0.1, 0.15) is 5.75 Å². The van der Waals surface area contributed by atoms with Gasteiger partial charge in [0, 0.05) is 12.0 Å². The molecule has 2 aromatic rings. The zero-order valence-electron chi connectivity index (χ0n) is 17.6. The number of rotatable bonds is 14. The predicted octanol–water partition coefficient (Wildman–Crippen LogP) is 7.86. The lowest BCUT2D eigenvalue weighted by molar-refractivity contribution is 0.241. The third-order valence-electron chi connectivity index (χ3n) is 5.05. The lowest BCUT2D eigenvalue weighted by atomic mass is 10.1. The fourth-order valence-electron chi connectivity index (χ4n) is 3.49. The highest BCUT2D eigenvalue weighted by Crippen LogP contribution is 2.27. The van der Waals surface area contributed by atoms with E-state index in [4.69, 9.17) is 8.85 Å². The fraction of sp³-hybridized carbons (Fsp3) is 0.583. The summed E-state index contributed by atoms with van der Waals surface area (Å²) in [4.78, 5) is 0. The molecule has 27 heavy (non-hydrogen) atoms. The molecule has 0 amide bonds. The summed E-state index contributed by atoms with van der Waals surface area (Å²) in [6, 6.07) is 14.6. The van der Waals surface area contributed by atoms with Crippen molar-refractivity contribution in [3.63, 3.8) is 0 Å². The van der Waals surface area contributed by atoms with Gasteiger partial charge >= 0.3 is 8.56 Å². The van der Waals surface area contributed by atoms with Crippen molar-refractivity contribution in [2.45, 2.75) is 84.2 Å². The number of benzene rings is 2. The Kier molecular flexibility index (Phi) is 9.93. The summed E-state index contributed by atoms with van der Waals surface area (Å²) in [5, 5.41) is 2.39. The second-order valence-electron chi connectivity index (χ2n) is 8.01. The van der Waals surface area contributed by atoms with Crippen LogP contribution in [0.1, 0.15) is 71.1 Å². The van der Waals surface area contributed by atoms with Crippen LogP contribution < -0.4 is 4.43 Å². The fourth-order valence-corrected chi connectivity index (χ4v) is 4.89. The Morgan fingerprint density at radius 2 is 1.30 bits per heavy atom. The van der Waals surface area contributed by atoms with E-state index >= 15 is 0 Å². The van der Waals surface area contributed by atoms with Gasteiger partial charge in [-0.15, -0.1) is 0 Å². The molecular formula is C24H38O2Si. The van der Waals surface area contributed by atoms with Crippen molar-refractivity contribution in [1.29, 1.82) is 0 Å². The van der Waals surface area contributed by atoms with Crippen molar-refractivity contribution in [2.75, 3.05) is 6.61 Å². The van der Waals surface area contributed by atoms with Crippen LogP contribution in [0.3, 0.4) is 0 Å². The Labute approximate surface area is 167 Å². The molecule has 0 spiro atoms. The van der Waals surface area contributed by atoms with Crippen LogP contribution in [0, 0.1) is 0 Å². The number of hydrogen-bond donors (Lipinski definition) is 0. The van der Waals surface area contributed by atoms with Crippen molar-refractivity contribution in [3.05, 3.63) is 42.5 Å². The Balaban J connectivity index is 1.61. The Hall–Kier alpha value is -1.32. The smallest absolute Gasteiger partial charge is 0.392 e. The van der Waals surface area contributed by atoms with Gasteiger partial charge in [-0.05, 0) is 31.0 Å². The van der Waals surface area contributed by atoms with Gasteiger partial charge in [0.15, 0.2) is 0 Å². The van der Waals surface area contributed by atoms with Gasteiger partial charge in [-0.2, -0.15) is 0 Å². The van der Waals surface area contributed by atoms with Crippen LogP contribution >= 0.6 is 0 Å². The van der Waals surface area contributed by atoms with Gasteiger partial charge in [-0.1, -0.05) is 101 Å². The predicted molar refractivity (Wildman–Crippen MR) is 120 cm³/mol. The molecule has 0 atom stereocenters. The standard InChI is InChI=1S/C24H38O2Si/c1-4-5-6-7-8-9-10-11-12-15-21-25-27(2,3)26-24-20-16-18-22-17-13-14-19-23(22)24/h13-14,16-20H,4-12,15,21H2,1-3H3. The molecule has 0 aliphatic carbocycles. The molecular weight excluding hydrogens is 348 g/mol. The summed E-state index contributed by atoms with van der Waals surface area (Å²) < 4.78 is 12.5. The van der Waals surface area contributed by atoms with Crippen LogP contribution in [0.2, 0.25) is 13.1 Å². The largest absolute Gasteiger partial charge is 0.520 e. The van der Waals surface area contributed by atoms with Crippen LogP contribution in [0.5, 0.6) is 5.75 Å². The second-order valence-corrected chi connectivity index (χ2v) is 11.3. The molecule has 0 aliphatic heterocycles. The van der Waals surface area contributed by atoms with Gasteiger partial charge in [-0.3, -0.25) is 0 Å². The Bertz CT molecular complexity index is 648. The molecule has 0 heterocycles. The highest BCUT2D eigenvalue weighted by molar-refractivity contribution is 6.65. The van der Waals surface area contributed by atoms with E-state index in [9.17, 15) is 0 Å². The minimum atomic E-state index is -2.16. The molecule has 0 N–H and O–H groups in total. The maximum Gasteiger partial charge on any atom is 0.392 e. The highest BCUT2D eigenvalue weighted by atomic mass is 28.4. The Morgan fingerprint density at radius 3 is 2.00 bits per heavy atom. The topological polar surface area (TPSA) is 18.5 Å². The minimum Gasteiger partial charge on any atom is -0.520 e. The molecule has 150 valence electrons. The molecule has 2 rings (SSSR count). The highest BCUT2D eigenvalue weighted by Gasteiger charge is 2.27. The van der Waals surface area contributed by atoms with E-state index in [0.29, 0.717) is 0 Å². The molecule has 2 nitrogen and oxygen atoms in total. The van der Waals surface area contributed by atoms with Gasteiger partial charge in [-0.25, -0.2) is 0 Å². The maximum atomic E-state index is 6.32. The Morgan fingerprint density at radius 1 is 0.704 bits per heavy atom. The maximum absolute atomic E-state index is 6.32. The van der Waals surface area contributed by atoms with Gasteiger partial charge in [0.25, 0.3) is 0 Å². The van der Waals surface area contributed by atoms with Crippen LogP contribution in [-0.4, -0.2) is 15.2 Å². The van der Waals surface area contributed by atoms with E-state index in [1.165, 1.54) is 68.6 Å². The molecule has 3 heteroatoms. The van der Waals surface area contributed by atoms with Crippen LogP contribution in [0.25, 0.3) is 10.8 Å². The molecule has 2 aromatic carbocycles. The zero-order chi connectivity index (χ0) is 19.4. The summed E-state index contributed by atoms with van der Waals surface area (Å²) >= 11 is 0. The first kappa shape index (κ1) is 22.0. The van der Waals surface area contributed by atoms with E-state index in [0.717, 1.165) is 18.8 Å². The van der Waals surface area contributed by atoms with Gasteiger partial charge in [0.05, 0.1) is 0 Å².